The van der Waals surface area contributed by atoms with E-state index in [1.165, 1.54) is 19.4 Å². The molecule has 1 unspecified atom stereocenters. The molecule has 140 valence electrons. The molecule has 0 aromatic heterocycles. The second-order valence-electron chi connectivity index (χ2n) is 7.26. The summed E-state index contributed by atoms with van der Waals surface area (Å²) in [5.41, 5.74) is 1.000. The minimum Gasteiger partial charge on any atom is -0.494 e. The first-order valence-electron chi connectivity index (χ1n) is 9.35. The molecule has 0 spiro atoms. The average Bonchev–Trinajstić information content (AvgIpc) is 2.60. The summed E-state index contributed by atoms with van der Waals surface area (Å²) in [6, 6.07) is 6.21. The molecular formula is C20H31ClN2O2. The van der Waals surface area contributed by atoms with Crippen LogP contribution in [0.15, 0.2) is 18.2 Å². The van der Waals surface area contributed by atoms with E-state index in [0.717, 1.165) is 35.8 Å². The highest BCUT2D eigenvalue weighted by Crippen LogP contribution is 2.21. The van der Waals surface area contributed by atoms with Gasteiger partial charge in [-0.2, -0.15) is 0 Å². The summed E-state index contributed by atoms with van der Waals surface area (Å²) in [5.74, 6) is 1.50. The molecule has 4 nitrogen and oxygen atoms in total. The predicted octanol–water partition coefficient (Wildman–Crippen LogP) is 4.04. The molecule has 25 heavy (non-hydrogen) atoms. The number of amides is 1. The molecular weight excluding hydrogens is 336 g/mol. The monoisotopic (exact) mass is 366 g/mol. The number of hydrogen-bond acceptors (Lipinski definition) is 3. The third-order valence-electron chi connectivity index (χ3n) is 4.81. The van der Waals surface area contributed by atoms with E-state index in [2.05, 4.69) is 24.1 Å². The first kappa shape index (κ1) is 20.1. The number of nitrogens with one attached hydrogen (secondary N) is 1. The Morgan fingerprint density at radius 3 is 2.96 bits per heavy atom. The Balaban J connectivity index is 1.60. The molecule has 1 aliphatic heterocycles. The van der Waals surface area contributed by atoms with Crippen LogP contribution >= 0.6 is 11.6 Å². The van der Waals surface area contributed by atoms with Crippen molar-refractivity contribution in [1.29, 1.82) is 0 Å². The van der Waals surface area contributed by atoms with Crippen LogP contribution in [-0.4, -0.2) is 43.1 Å². The normalized spacial score (nSPS) is 18.4. The Hall–Kier alpha value is -1.26. The van der Waals surface area contributed by atoms with Crippen molar-refractivity contribution in [3.63, 3.8) is 0 Å². The van der Waals surface area contributed by atoms with Crippen molar-refractivity contribution < 1.29 is 9.53 Å². The maximum Gasteiger partial charge on any atom is 0.220 e. The van der Waals surface area contributed by atoms with Gasteiger partial charge in [-0.05, 0) is 76.3 Å². The smallest absolute Gasteiger partial charge is 0.220 e. The molecule has 1 fully saturated rings. The largest absolute Gasteiger partial charge is 0.494 e. The summed E-state index contributed by atoms with van der Waals surface area (Å²) in [6.07, 6.45) is 3.67. The van der Waals surface area contributed by atoms with Gasteiger partial charge >= 0.3 is 0 Å². The van der Waals surface area contributed by atoms with Crippen LogP contribution in [0.25, 0.3) is 0 Å². The van der Waals surface area contributed by atoms with Gasteiger partial charge in [0.25, 0.3) is 0 Å². The Morgan fingerprint density at radius 2 is 2.24 bits per heavy atom. The minimum absolute atomic E-state index is 0.123. The van der Waals surface area contributed by atoms with Crippen LogP contribution in [0.3, 0.4) is 0 Å². The highest BCUT2D eigenvalue weighted by Gasteiger charge is 2.21. The SMILES string of the molecule is Cc1cc(OCCCC(=O)NCC2CCCN(C(C)C)C2)ccc1Cl. The van der Waals surface area contributed by atoms with E-state index in [1.807, 2.05) is 25.1 Å². The fourth-order valence-corrected chi connectivity index (χ4v) is 3.33. The van der Waals surface area contributed by atoms with Gasteiger partial charge in [0, 0.05) is 30.6 Å². The summed E-state index contributed by atoms with van der Waals surface area (Å²) in [7, 11) is 0. The topological polar surface area (TPSA) is 41.6 Å². The summed E-state index contributed by atoms with van der Waals surface area (Å²) >= 11 is 6.00. The van der Waals surface area contributed by atoms with Gasteiger partial charge in [-0.3, -0.25) is 4.79 Å². The maximum atomic E-state index is 12.0. The van der Waals surface area contributed by atoms with Crippen molar-refractivity contribution in [2.24, 2.45) is 5.92 Å². The fourth-order valence-electron chi connectivity index (χ4n) is 3.21. The van der Waals surface area contributed by atoms with Gasteiger partial charge in [-0.25, -0.2) is 0 Å². The number of aryl methyl sites for hydroxylation is 1. The Bertz CT molecular complexity index is 563. The van der Waals surface area contributed by atoms with Gasteiger partial charge in [-0.15, -0.1) is 0 Å². The number of ether oxygens (including phenoxy) is 1. The van der Waals surface area contributed by atoms with Crippen molar-refractivity contribution in [3.8, 4) is 5.75 Å². The second kappa shape index (κ2) is 10.0. The second-order valence-corrected chi connectivity index (χ2v) is 7.67. The first-order valence-corrected chi connectivity index (χ1v) is 9.73. The molecule has 1 amide bonds. The van der Waals surface area contributed by atoms with E-state index in [4.69, 9.17) is 16.3 Å². The molecule has 0 radical (unpaired) electrons. The van der Waals surface area contributed by atoms with Crippen LogP contribution in [0.4, 0.5) is 0 Å². The predicted molar refractivity (Wildman–Crippen MR) is 103 cm³/mol. The van der Waals surface area contributed by atoms with Crippen molar-refractivity contribution in [2.45, 2.75) is 52.5 Å². The molecule has 1 aromatic rings. The Labute approximate surface area is 156 Å². The molecule has 0 saturated carbocycles. The van der Waals surface area contributed by atoms with Gasteiger partial charge < -0.3 is 15.0 Å². The summed E-state index contributed by atoms with van der Waals surface area (Å²) in [5, 5.41) is 3.83. The maximum absolute atomic E-state index is 12.0. The van der Waals surface area contributed by atoms with Crippen LogP contribution in [-0.2, 0) is 4.79 Å². The molecule has 0 bridgehead atoms. The molecule has 1 saturated heterocycles. The Kier molecular flexibility index (Phi) is 8.04. The van der Waals surface area contributed by atoms with E-state index in [9.17, 15) is 4.79 Å². The number of likely N-dealkylation sites (tertiary alicyclic amines) is 1. The lowest BCUT2D eigenvalue weighted by molar-refractivity contribution is -0.121. The summed E-state index contributed by atoms with van der Waals surface area (Å²) < 4.78 is 5.68. The molecule has 1 aromatic carbocycles. The number of benzene rings is 1. The first-order chi connectivity index (χ1) is 12.0. The zero-order valence-electron chi connectivity index (χ0n) is 15.7. The molecule has 2 rings (SSSR count). The van der Waals surface area contributed by atoms with E-state index < -0.39 is 0 Å². The van der Waals surface area contributed by atoms with Gasteiger partial charge in [-0.1, -0.05) is 11.6 Å². The number of halogens is 1. The lowest BCUT2D eigenvalue weighted by Gasteiger charge is -2.35. The third kappa shape index (κ3) is 6.87. The van der Waals surface area contributed by atoms with Crippen molar-refractivity contribution in [3.05, 3.63) is 28.8 Å². The number of carbonyl (C=O) groups is 1. The lowest BCUT2D eigenvalue weighted by Crippen LogP contribution is -2.43. The van der Waals surface area contributed by atoms with Crippen molar-refractivity contribution in [1.82, 2.24) is 10.2 Å². The summed E-state index contributed by atoms with van der Waals surface area (Å²) in [6.45, 7) is 10.0. The molecule has 5 heteroatoms. The molecule has 1 aliphatic rings. The zero-order chi connectivity index (χ0) is 18.2. The van der Waals surface area contributed by atoms with Gasteiger partial charge in [0.2, 0.25) is 5.91 Å². The Morgan fingerprint density at radius 1 is 1.44 bits per heavy atom. The lowest BCUT2D eigenvalue weighted by atomic mass is 9.97. The highest BCUT2D eigenvalue weighted by molar-refractivity contribution is 6.31. The van der Waals surface area contributed by atoms with Crippen molar-refractivity contribution in [2.75, 3.05) is 26.2 Å². The minimum atomic E-state index is 0.123. The van der Waals surface area contributed by atoms with Crippen molar-refractivity contribution >= 4 is 17.5 Å². The number of piperidine rings is 1. The van der Waals surface area contributed by atoms with E-state index in [1.54, 1.807) is 0 Å². The average molecular weight is 367 g/mol. The molecule has 0 aliphatic carbocycles. The van der Waals surface area contributed by atoms with Crippen LogP contribution in [0, 0.1) is 12.8 Å². The molecule has 1 atom stereocenters. The number of hydrogen-bond donors (Lipinski definition) is 1. The van der Waals surface area contributed by atoms with Gasteiger partial charge in [0.1, 0.15) is 5.75 Å². The van der Waals surface area contributed by atoms with Crippen LogP contribution < -0.4 is 10.1 Å². The third-order valence-corrected chi connectivity index (χ3v) is 5.24. The zero-order valence-corrected chi connectivity index (χ0v) is 16.4. The number of rotatable bonds is 8. The van der Waals surface area contributed by atoms with E-state index in [-0.39, 0.29) is 5.91 Å². The number of nitrogens with zero attached hydrogens (tertiary/aromatic N) is 1. The highest BCUT2D eigenvalue weighted by atomic mass is 35.5. The van der Waals surface area contributed by atoms with Crippen LogP contribution in [0.1, 0.15) is 45.1 Å². The quantitative estimate of drug-likeness (QED) is 0.706. The van der Waals surface area contributed by atoms with E-state index >= 15 is 0 Å². The van der Waals surface area contributed by atoms with Gasteiger partial charge in [0.05, 0.1) is 6.61 Å². The fraction of sp³-hybridized carbons (Fsp3) is 0.650. The number of carbonyl (C=O) groups excluding carboxylic acids is 1. The molecule has 1 N–H and O–H groups in total. The van der Waals surface area contributed by atoms with Gasteiger partial charge in [0.15, 0.2) is 0 Å². The summed E-state index contributed by atoms with van der Waals surface area (Å²) in [4.78, 5) is 14.5. The standard InChI is InChI=1S/C20H31ClN2O2/c1-15(2)23-10-4-6-17(14-23)13-22-20(24)7-5-11-25-18-8-9-19(21)16(3)12-18/h8-9,12,15,17H,4-7,10-11,13-14H2,1-3H3,(H,22,24). The molecule has 1 heterocycles. The van der Waals surface area contributed by atoms with Crippen LogP contribution in [0.2, 0.25) is 5.02 Å². The van der Waals surface area contributed by atoms with E-state index in [0.29, 0.717) is 25.0 Å². The van der Waals surface area contributed by atoms with Crippen LogP contribution in [0.5, 0.6) is 5.75 Å².